The van der Waals surface area contributed by atoms with Gasteiger partial charge in [-0.1, -0.05) is 54.1 Å². The molecular weight excluding hydrogens is 294 g/mol. The van der Waals surface area contributed by atoms with Gasteiger partial charge >= 0.3 is 0 Å². The van der Waals surface area contributed by atoms with Gasteiger partial charge in [-0.2, -0.15) is 15.8 Å². The normalized spacial score (nSPS) is 24.5. The van der Waals surface area contributed by atoms with E-state index in [1.165, 1.54) is 0 Å². The fraction of sp³-hybridized carbons (Fsp3) is 0.167. The van der Waals surface area contributed by atoms with E-state index in [4.69, 9.17) is 11.6 Å². The number of hydrogen-bond donors (Lipinski definition) is 0. The van der Waals surface area contributed by atoms with Gasteiger partial charge in [0.1, 0.15) is 5.41 Å². The average molecular weight is 304 g/mol. The van der Waals surface area contributed by atoms with Crippen molar-refractivity contribution < 1.29 is 0 Å². The SMILES string of the molecule is N#CC1(C#N)[C@H](c2ccc(Cl)cc2)[C@@]1(C#N)c1ccccc1. The zero-order chi connectivity index (χ0) is 15.8. The molecule has 104 valence electrons. The molecule has 0 saturated heterocycles. The maximum absolute atomic E-state index is 9.82. The molecule has 2 atom stereocenters. The van der Waals surface area contributed by atoms with Crippen LogP contribution in [0.2, 0.25) is 5.02 Å². The topological polar surface area (TPSA) is 71.4 Å². The Kier molecular flexibility index (Phi) is 3.14. The van der Waals surface area contributed by atoms with Crippen molar-refractivity contribution in [1.82, 2.24) is 0 Å². The predicted octanol–water partition coefficient (Wildman–Crippen LogP) is 3.93. The molecule has 1 aliphatic carbocycles. The van der Waals surface area contributed by atoms with E-state index in [0.29, 0.717) is 10.6 Å². The summed E-state index contributed by atoms with van der Waals surface area (Å²) < 4.78 is 0. The van der Waals surface area contributed by atoms with Gasteiger partial charge in [0.2, 0.25) is 0 Å². The third-order valence-electron chi connectivity index (χ3n) is 4.37. The molecule has 1 aliphatic rings. The van der Waals surface area contributed by atoms with Gasteiger partial charge in [-0.3, -0.25) is 0 Å². The molecular formula is C18H10ClN3. The first-order chi connectivity index (χ1) is 10.7. The minimum Gasteiger partial charge on any atom is -0.197 e. The molecule has 2 aromatic carbocycles. The molecule has 1 saturated carbocycles. The summed E-state index contributed by atoms with van der Waals surface area (Å²) in [7, 11) is 0. The molecule has 2 aromatic rings. The van der Waals surface area contributed by atoms with Crippen molar-refractivity contribution in [3.8, 4) is 18.2 Å². The van der Waals surface area contributed by atoms with Crippen molar-refractivity contribution in [3.63, 3.8) is 0 Å². The van der Waals surface area contributed by atoms with Crippen molar-refractivity contribution in [2.45, 2.75) is 11.3 Å². The molecule has 0 unspecified atom stereocenters. The quantitative estimate of drug-likeness (QED) is 0.843. The Hall–Kier alpha value is -2.80. The molecule has 0 aliphatic heterocycles. The van der Waals surface area contributed by atoms with E-state index in [1.54, 1.807) is 36.4 Å². The Bertz CT molecular complexity index is 823. The van der Waals surface area contributed by atoms with Crippen LogP contribution in [0.5, 0.6) is 0 Å². The monoisotopic (exact) mass is 303 g/mol. The van der Waals surface area contributed by atoms with Crippen LogP contribution >= 0.6 is 11.6 Å². The number of halogens is 1. The molecule has 4 heteroatoms. The van der Waals surface area contributed by atoms with Crippen molar-refractivity contribution in [2.24, 2.45) is 5.41 Å². The molecule has 0 heterocycles. The summed E-state index contributed by atoms with van der Waals surface area (Å²) >= 11 is 5.90. The highest BCUT2D eigenvalue weighted by Crippen LogP contribution is 2.73. The fourth-order valence-electron chi connectivity index (χ4n) is 3.27. The number of nitriles is 3. The number of hydrogen-bond acceptors (Lipinski definition) is 3. The predicted molar refractivity (Wildman–Crippen MR) is 81.6 cm³/mol. The van der Waals surface area contributed by atoms with E-state index < -0.39 is 16.7 Å². The maximum Gasteiger partial charge on any atom is 0.175 e. The van der Waals surface area contributed by atoms with Crippen molar-refractivity contribution >= 4 is 11.6 Å². The Morgan fingerprint density at radius 2 is 1.41 bits per heavy atom. The third kappa shape index (κ3) is 1.59. The minimum atomic E-state index is -1.38. The van der Waals surface area contributed by atoms with E-state index in [9.17, 15) is 15.8 Å². The van der Waals surface area contributed by atoms with Crippen LogP contribution in [0.1, 0.15) is 17.0 Å². The Morgan fingerprint density at radius 1 is 0.818 bits per heavy atom. The van der Waals surface area contributed by atoms with Gasteiger partial charge in [0, 0.05) is 10.9 Å². The van der Waals surface area contributed by atoms with Crippen LogP contribution in [0, 0.1) is 39.4 Å². The largest absolute Gasteiger partial charge is 0.197 e. The van der Waals surface area contributed by atoms with E-state index in [1.807, 2.05) is 18.2 Å². The highest BCUT2D eigenvalue weighted by molar-refractivity contribution is 6.30. The van der Waals surface area contributed by atoms with Crippen molar-refractivity contribution in [1.29, 1.82) is 15.8 Å². The Labute approximate surface area is 133 Å². The number of rotatable bonds is 2. The first-order valence-electron chi connectivity index (χ1n) is 6.71. The standard InChI is InChI=1S/C18H10ClN3/c19-15-8-6-13(7-9-15)16-17(10-20,11-21)18(16,12-22)14-4-2-1-3-5-14/h1-9,16H/t16-,18+/m0/s1. The van der Waals surface area contributed by atoms with E-state index in [0.717, 1.165) is 5.56 Å². The van der Waals surface area contributed by atoms with Gasteiger partial charge in [-0.05, 0) is 23.3 Å². The summed E-state index contributed by atoms with van der Waals surface area (Å²) in [5, 5.41) is 29.6. The first kappa shape index (κ1) is 14.2. The lowest BCUT2D eigenvalue weighted by atomic mass is 9.88. The van der Waals surface area contributed by atoms with Gasteiger partial charge in [-0.25, -0.2) is 0 Å². The van der Waals surface area contributed by atoms with Gasteiger partial charge in [-0.15, -0.1) is 0 Å². The maximum atomic E-state index is 9.82. The van der Waals surface area contributed by atoms with Gasteiger partial charge in [0.05, 0.1) is 18.2 Å². The van der Waals surface area contributed by atoms with Crippen LogP contribution in [-0.2, 0) is 5.41 Å². The molecule has 0 radical (unpaired) electrons. The zero-order valence-corrected chi connectivity index (χ0v) is 12.2. The molecule has 0 aromatic heterocycles. The highest BCUT2D eigenvalue weighted by atomic mass is 35.5. The van der Waals surface area contributed by atoms with E-state index in [-0.39, 0.29) is 0 Å². The zero-order valence-electron chi connectivity index (χ0n) is 11.5. The van der Waals surface area contributed by atoms with Gasteiger partial charge in [0.25, 0.3) is 0 Å². The fourth-order valence-corrected chi connectivity index (χ4v) is 3.40. The average Bonchev–Trinajstić information content (AvgIpc) is 3.20. The molecule has 0 bridgehead atoms. The van der Waals surface area contributed by atoms with Crippen LogP contribution < -0.4 is 0 Å². The van der Waals surface area contributed by atoms with Crippen LogP contribution in [-0.4, -0.2) is 0 Å². The molecule has 0 amide bonds. The summed E-state index contributed by atoms with van der Waals surface area (Å²) in [5.74, 6) is -0.486. The lowest BCUT2D eigenvalue weighted by Gasteiger charge is -2.09. The summed E-state index contributed by atoms with van der Waals surface area (Å²) in [6.07, 6.45) is 0. The summed E-state index contributed by atoms with van der Waals surface area (Å²) in [5.41, 5.74) is -1.05. The second-order valence-corrected chi connectivity index (χ2v) is 5.74. The second-order valence-electron chi connectivity index (χ2n) is 5.30. The third-order valence-corrected chi connectivity index (χ3v) is 4.62. The molecule has 3 rings (SSSR count). The molecule has 22 heavy (non-hydrogen) atoms. The molecule has 0 N–H and O–H groups in total. The van der Waals surface area contributed by atoms with E-state index in [2.05, 4.69) is 18.2 Å². The number of nitrogens with zero attached hydrogens (tertiary/aromatic N) is 3. The Balaban J connectivity index is 2.22. The number of benzene rings is 2. The van der Waals surface area contributed by atoms with Crippen molar-refractivity contribution in [3.05, 3.63) is 70.7 Å². The van der Waals surface area contributed by atoms with Crippen LogP contribution in [0.4, 0.5) is 0 Å². The van der Waals surface area contributed by atoms with Crippen LogP contribution in [0.3, 0.4) is 0 Å². The lowest BCUT2D eigenvalue weighted by Crippen LogP contribution is -2.14. The van der Waals surface area contributed by atoms with Crippen LogP contribution in [0.25, 0.3) is 0 Å². The summed E-state index contributed by atoms with van der Waals surface area (Å²) in [4.78, 5) is 0. The van der Waals surface area contributed by atoms with Gasteiger partial charge < -0.3 is 0 Å². The second kappa shape index (κ2) is 4.88. The Morgan fingerprint density at radius 3 is 1.91 bits per heavy atom. The molecule has 0 spiro atoms. The smallest absolute Gasteiger partial charge is 0.175 e. The summed E-state index contributed by atoms with van der Waals surface area (Å²) in [6, 6.07) is 22.4. The molecule has 1 fully saturated rings. The molecule has 3 nitrogen and oxygen atoms in total. The van der Waals surface area contributed by atoms with Gasteiger partial charge in [0.15, 0.2) is 5.41 Å². The lowest BCUT2D eigenvalue weighted by molar-refractivity contribution is 0.742. The van der Waals surface area contributed by atoms with Crippen LogP contribution in [0.15, 0.2) is 54.6 Å². The summed E-state index contributed by atoms with van der Waals surface area (Å²) in [6.45, 7) is 0. The van der Waals surface area contributed by atoms with E-state index >= 15 is 0 Å². The first-order valence-corrected chi connectivity index (χ1v) is 7.09. The van der Waals surface area contributed by atoms with Crippen molar-refractivity contribution in [2.75, 3.05) is 0 Å². The highest BCUT2D eigenvalue weighted by Gasteiger charge is 2.81. The minimum absolute atomic E-state index is 0.486.